The first-order valence-electron chi connectivity index (χ1n) is 4.57. The first kappa shape index (κ1) is 10.3. The van der Waals surface area contributed by atoms with Crippen LogP contribution in [0.1, 0.15) is 13.8 Å². The molecule has 16 heavy (non-hydrogen) atoms. The minimum absolute atomic E-state index is 0.204. The zero-order chi connectivity index (χ0) is 12.0. The van der Waals surface area contributed by atoms with Crippen molar-refractivity contribution in [3.05, 3.63) is 23.3 Å². The number of nitrogens with zero attached hydrogens (tertiary/aromatic N) is 2. The molecule has 0 spiro atoms. The molecule has 0 saturated carbocycles. The number of hydrogen-bond donors (Lipinski definition) is 0. The fourth-order valence-electron chi connectivity index (χ4n) is 1.53. The molecule has 0 aromatic carbocycles. The Kier molecular flexibility index (Phi) is 2.01. The Balaban J connectivity index is 2.36. The summed E-state index contributed by atoms with van der Waals surface area (Å²) in [6, 6.07) is 0. The minimum Gasteiger partial charge on any atom is -0.267 e. The van der Waals surface area contributed by atoms with E-state index in [9.17, 15) is 19.2 Å². The Morgan fingerprint density at radius 2 is 1.06 bits per heavy atom. The van der Waals surface area contributed by atoms with E-state index in [4.69, 9.17) is 0 Å². The lowest BCUT2D eigenvalue weighted by molar-refractivity contribution is -0.170. The lowest BCUT2D eigenvalue weighted by Crippen LogP contribution is -2.50. The van der Waals surface area contributed by atoms with Crippen LogP contribution in [0.2, 0.25) is 0 Å². The van der Waals surface area contributed by atoms with Crippen LogP contribution in [0.3, 0.4) is 0 Å². The summed E-state index contributed by atoms with van der Waals surface area (Å²) in [4.78, 5) is 46.0. The highest BCUT2D eigenvalue weighted by atomic mass is 16.2. The van der Waals surface area contributed by atoms with Crippen LogP contribution >= 0.6 is 0 Å². The van der Waals surface area contributed by atoms with E-state index in [2.05, 4.69) is 0 Å². The van der Waals surface area contributed by atoms with Crippen LogP contribution in [-0.4, -0.2) is 33.6 Å². The highest BCUT2D eigenvalue weighted by molar-refractivity contribution is 6.23. The van der Waals surface area contributed by atoms with Crippen LogP contribution in [0.15, 0.2) is 23.3 Å². The SMILES string of the molecule is CC1=CC(=O)N(N2C(=O)C=C(C)C2=O)C1=O. The normalized spacial score (nSPS) is 20.9. The lowest BCUT2D eigenvalue weighted by atomic mass is 10.3. The van der Waals surface area contributed by atoms with Gasteiger partial charge in [-0.25, -0.2) is 0 Å². The number of hydrogen-bond acceptors (Lipinski definition) is 4. The van der Waals surface area contributed by atoms with Gasteiger partial charge in [-0.2, -0.15) is 10.0 Å². The largest absolute Gasteiger partial charge is 0.276 e. The fraction of sp³-hybridized carbons (Fsp3) is 0.200. The van der Waals surface area contributed by atoms with Crippen molar-refractivity contribution in [2.24, 2.45) is 0 Å². The maximum Gasteiger partial charge on any atom is 0.276 e. The molecule has 2 heterocycles. The zero-order valence-corrected chi connectivity index (χ0v) is 8.68. The van der Waals surface area contributed by atoms with Gasteiger partial charge in [0.2, 0.25) is 0 Å². The topological polar surface area (TPSA) is 74.8 Å². The molecule has 2 rings (SSSR count). The van der Waals surface area contributed by atoms with Gasteiger partial charge in [-0.3, -0.25) is 19.2 Å². The third-order valence-electron chi connectivity index (χ3n) is 2.36. The summed E-state index contributed by atoms with van der Waals surface area (Å²) in [7, 11) is 0. The monoisotopic (exact) mass is 220 g/mol. The maximum absolute atomic E-state index is 11.6. The van der Waals surface area contributed by atoms with E-state index in [1.165, 1.54) is 13.8 Å². The molecule has 6 heteroatoms. The molecule has 0 aromatic rings. The Bertz CT molecular complexity index is 455. The second kappa shape index (κ2) is 3.13. The zero-order valence-electron chi connectivity index (χ0n) is 8.68. The van der Waals surface area contributed by atoms with Gasteiger partial charge in [-0.15, -0.1) is 0 Å². The summed E-state index contributed by atoms with van der Waals surface area (Å²) < 4.78 is 0. The van der Waals surface area contributed by atoms with Crippen LogP contribution < -0.4 is 0 Å². The minimum atomic E-state index is -0.674. The van der Waals surface area contributed by atoms with Crippen LogP contribution in [-0.2, 0) is 19.2 Å². The van der Waals surface area contributed by atoms with Crippen LogP contribution in [0.4, 0.5) is 0 Å². The molecule has 2 aliphatic rings. The summed E-state index contributed by atoms with van der Waals surface area (Å²) in [5, 5.41) is 1.12. The van der Waals surface area contributed by atoms with Crippen molar-refractivity contribution in [3.8, 4) is 0 Å². The number of hydrazine groups is 1. The molecule has 6 nitrogen and oxygen atoms in total. The number of carbonyl (C=O) groups excluding carboxylic acids is 4. The predicted octanol–water partition coefficient (Wildman–Crippen LogP) is -0.468. The molecular formula is C10H8N2O4. The van der Waals surface area contributed by atoms with E-state index in [0.717, 1.165) is 12.2 Å². The molecule has 0 saturated heterocycles. The van der Waals surface area contributed by atoms with E-state index >= 15 is 0 Å². The average molecular weight is 220 g/mol. The molecule has 4 amide bonds. The molecule has 0 unspecified atom stereocenters. The second-order valence-electron chi connectivity index (χ2n) is 3.57. The van der Waals surface area contributed by atoms with E-state index in [-0.39, 0.29) is 11.1 Å². The fourth-order valence-corrected chi connectivity index (χ4v) is 1.53. The van der Waals surface area contributed by atoms with Gasteiger partial charge in [0, 0.05) is 23.3 Å². The number of imide groups is 2. The maximum atomic E-state index is 11.6. The molecule has 0 radical (unpaired) electrons. The summed E-state index contributed by atoms with van der Waals surface area (Å²) in [6.07, 6.45) is 2.19. The number of amides is 4. The Hall–Kier alpha value is -2.24. The summed E-state index contributed by atoms with van der Waals surface area (Å²) in [5.74, 6) is -2.63. The molecule has 0 N–H and O–H groups in total. The molecule has 0 fully saturated rings. The Labute approximate surface area is 90.8 Å². The van der Waals surface area contributed by atoms with Crippen molar-refractivity contribution in [2.45, 2.75) is 13.8 Å². The van der Waals surface area contributed by atoms with Gasteiger partial charge >= 0.3 is 0 Å². The van der Waals surface area contributed by atoms with Crippen molar-refractivity contribution >= 4 is 23.6 Å². The molecule has 2 aliphatic heterocycles. The summed E-state index contributed by atoms with van der Waals surface area (Å²) in [5.41, 5.74) is 0.408. The van der Waals surface area contributed by atoms with Gasteiger partial charge in [-0.1, -0.05) is 0 Å². The molecule has 0 atom stereocenters. The molecule has 0 bridgehead atoms. The molecule has 0 aliphatic carbocycles. The van der Waals surface area contributed by atoms with Crippen molar-refractivity contribution in [2.75, 3.05) is 0 Å². The predicted molar refractivity (Wildman–Crippen MR) is 51.2 cm³/mol. The summed E-state index contributed by atoms with van der Waals surface area (Å²) in [6.45, 7) is 2.90. The Morgan fingerprint density at radius 3 is 1.25 bits per heavy atom. The standard InChI is InChI=1S/C10H8N2O4/c1-5-3-7(13)11(9(5)15)12-8(14)4-6(2)10(12)16/h3-4H,1-2H3. The lowest BCUT2D eigenvalue weighted by Gasteiger charge is -2.23. The van der Waals surface area contributed by atoms with Crippen molar-refractivity contribution in [1.29, 1.82) is 0 Å². The van der Waals surface area contributed by atoms with E-state index in [1.807, 2.05) is 0 Å². The third-order valence-corrected chi connectivity index (χ3v) is 2.36. The van der Waals surface area contributed by atoms with Crippen LogP contribution in [0.25, 0.3) is 0 Å². The highest BCUT2D eigenvalue weighted by Crippen LogP contribution is 2.21. The van der Waals surface area contributed by atoms with Gasteiger partial charge in [0.25, 0.3) is 23.6 Å². The van der Waals surface area contributed by atoms with Gasteiger partial charge in [-0.05, 0) is 13.8 Å². The van der Waals surface area contributed by atoms with Gasteiger partial charge in [0.05, 0.1) is 0 Å². The van der Waals surface area contributed by atoms with Gasteiger partial charge in [0.15, 0.2) is 0 Å². The quantitative estimate of drug-likeness (QED) is 0.560. The van der Waals surface area contributed by atoms with E-state index in [0.29, 0.717) is 10.0 Å². The summed E-state index contributed by atoms with van der Waals surface area (Å²) >= 11 is 0. The molecule has 0 aromatic heterocycles. The van der Waals surface area contributed by atoms with Crippen molar-refractivity contribution in [1.82, 2.24) is 10.0 Å². The number of carbonyl (C=O) groups is 4. The van der Waals surface area contributed by atoms with Gasteiger partial charge in [0.1, 0.15) is 0 Å². The van der Waals surface area contributed by atoms with Crippen molar-refractivity contribution in [3.63, 3.8) is 0 Å². The van der Waals surface area contributed by atoms with Crippen LogP contribution in [0.5, 0.6) is 0 Å². The second-order valence-corrected chi connectivity index (χ2v) is 3.57. The smallest absolute Gasteiger partial charge is 0.267 e. The number of rotatable bonds is 1. The van der Waals surface area contributed by atoms with E-state index in [1.54, 1.807) is 0 Å². The van der Waals surface area contributed by atoms with Gasteiger partial charge < -0.3 is 0 Å². The first-order valence-corrected chi connectivity index (χ1v) is 4.57. The third kappa shape index (κ3) is 1.19. The van der Waals surface area contributed by atoms with E-state index < -0.39 is 23.6 Å². The first-order chi connectivity index (χ1) is 7.43. The molecule has 82 valence electrons. The Morgan fingerprint density at radius 1 is 0.750 bits per heavy atom. The average Bonchev–Trinajstić information content (AvgIpc) is 2.57. The van der Waals surface area contributed by atoms with Crippen molar-refractivity contribution < 1.29 is 19.2 Å². The molecular weight excluding hydrogens is 212 g/mol. The highest BCUT2D eigenvalue weighted by Gasteiger charge is 2.42. The van der Waals surface area contributed by atoms with Crippen LogP contribution in [0, 0.1) is 0 Å².